The van der Waals surface area contributed by atoms with Crippen molar-refractivity contribution in [3.63, 3.8) is 0 Å². The van der Waals surface area contributed by atoms with E-state index in [0.29, 0.717) is 4.90 Å². The fourth-order valence-corrected chi connectivity index (χ4v) is 2.36. The highest BCUT2D eigenvalue weighted by atomic mass is 32.2. The second-order valence-corrected chi connectivity index (χ2v) is 4.81. The Bertz CT molecular complexity index is 397. The van der Waals surface area contributed by atoms with Crippen LogP contribution < -0.4 is 4.90 Å². The summed E-state index contributed by atoms with van der Waals surface area (Å²) in [4.78, 5) is 2.61. The van der Waals surface area contributed by atoms with Gasteiger partial charge in [0.05, 0.1) is 11.0 Å². The predicted octanol–water partition coefficient (Wildman–Crippen LogP) is 1.49. The summed E-state index contributed by atoms with van der Waals surface area (Å²) in [6.45, 7) is 1.78. The molecule has 0 bridgehead atoms. The molecule has 0 saturated carbocycles. The summed E-state index contributed by atoms with van der Waals surface area (Å²) in [7, 11) is 1.72. The standard InChI is InChI=1S/C11H15NO3S/c1-15-10-5-6-12(8-10)9-3-2-4-11(7-9)16(13)14/h2-4,7,10H,5-6,8H2,1H3,(H,13,14). The third kappa shape index (κ3) is 2.42. The van der Waals surface area contributed by atoms with Gasteiger partial charge in [0.1, 0.15) is 0 Å². The van der Waals surface area contributed by atoms with Crippen LogP contribution in [-0.4, -0.2) is 35.1 Å². The second kappa shape index (κ2) is 4.95. The Morgan fingerprint density at radius 2 is 2.38 bits per heavy atom. The first kappa shape index (κ1) is 11.6. The molecule has 88 valence electrons. The van der Waals surface area contributed by atoms with E-state index in [1.54, 1.807) is 25.3 Å². The van der Waals surface area contributed by atoms with E-state index in [1.165, 1.54) is 0 Å². The molecule has 4 nitrogen and oxygen atoms in total. The van der Waals surface area contributed by atoms with E-state index in [0.717, 1.165) is 25.2 Å². The topological polar surface area (TPSA) is 49.8 Å². The largest absolute Gasteiger partial charge is 0.380 e. The summed E-state index contributed by atoms with van der Waals surface area (Å²) < 4.78 is 25.3. The van der Waals surface area contributed by atoms with Crippen LogP contribution in [0.15, 0.2) is 29.2 Å². The van der Waals surface area contributed by atoms with Crippen molar-refractivity contribution in [1.82, 2.24) is 0 Å². The van der Waals surface area contributed by atoms with Gasteiger partial charge in [-0.05, 0) is 24.6 Å². The lowest BCUT2D eigenvalue weighted by Crippen LogP contribution is -2.22. The maximum absolute atomic E-state index is 11.0. The Morgan fingerprint density at radius 1 is 1.56 bits per heavy atom. The molecule has 1 aromatic carbocycles. The monoisotopic (exact) mass is 241 g/mol. The zero-order valence-corrected chi connectivity index (χ0v) is 9.94. The molecule has 1 heterocycles. The first-order valence-electron chi connectivity index (χ1n) is 5.19. The van der Waals surface area contributed by atoms with Gasteiger partial charge in [-0.3, -0.25) is 0 Å². The maximum atomic E-state index is 11.0. The Morgan fingerprint density at radius 3 is 3.00 bits per heavy atom. The van der Waals surface area contributed by atoms with E-state index in [4.69, 9.17) is 9.29 Å². The molecular formula is C11H15NO3S. The van der Waals surface area contributed by atoms with Gasteiger partial charge in [-0.25, -0.2) is 4.21 Å². The van der Waals surface area contributed by atoms with Crippen molar-refractivity contribution >= 4 is 16.8 Å². The van der Waals surface area contributed by atoms with Gasteiger partial charge in [0, 0.05) is 25.9 Å². The smallest absolute Gasteiger partial charge is 0.186 e. The molecule has 1 fully saturated rings. The Labute approximate surface area is 97.5 Å². The van der Waals surface area contributed by atoms with Crippen molar-refractivity contribution < 1.29 is 13.5 Å². The minimum Gasteiger partial charge on any atom is -0.380 e. The lowest BCUT2D eigenvalue weighted by Gasteiger charge is -2.18. The van der Waals surface area contributed by atoms with Crippen molar-refractivity contribution in [2.45, 2.75) is 17.4 Å². The summed E-state index contributed by atoms with van der Waals surface area (Å²) in [5.74, 6) is 0. The number of hydrogen-bond acceptors (Lipinski definition) is 3. The molecule has 1 aliphatic rings. The highest BCUT2D eigenvalue weighted by molar-refractivity contribution is 7.79. The Kier molecular flexibility index (Phi) is 3.58. The maximum Gasteiger partial charge on any atom is 0.186 e. The Hall–Kier alpha value is -0.910. The van der Waals surface area contributed by atoms with Gasteiger partial charge in [-0.15, -0.1) is 0 Å². The number of methoxy groups -OCH3 is 1. The van der Waals surface area contributed by atoms with Crippen LogP contribution in [0.25, 0.3) is 0 Å². The summed E-state index contributed by atoms with van der Waals surface area (Å²) in [5, 5.41) is 0. The first-order chi connectivity index (χ1) is 7.70. The van der Waals surface area contributed by atoms with Crippen LogP contribution in [0.4, 0.5) is 5.69 Å². The zero-order chi connectivity index (χ0) is 11.5. The highest BCUT2D eigenvalue weighted by Crippen LogP contribution is 2.23. The summed E-state index contributed by atoms with van der Waals surface area (Å²) >= 11 is -1.91. The normalized spacial score (nSPS) is 22.4. The molecule has 0 aliphatic carbocycles. The van der Waals surface area contributed by atoms with Crippen LogP contribution in [-0.2, 0) is 15.8 Å². The number of anilines is 1. The van der Waals surface area contributed by atoms with Crippen LogP contribution in [0.5, 0.6) is 0 Å². The van der Waals surface area contributed by atoms with Gasteiger partial charge in [-0.2, -0.15) is 0 Å². The molecule has 1 saturated heterocycles. The van der Waals surface area contributed by atoms with E-state index in [-0.39, 0.29) is 6.10 Å². The van der Waals surface area contributed by atoms with E-state index in [9.17, 15) is 4.21 Å². The Balaban J connectivity index is 2.15. The molecular weight excluding hydrogens is 226 g/mol. The molecule has 1 aliphatic heterocycles. The second-order valence-electron chi connectivity index (χ2n) is 3.84. The summed E-state index contributed by atoms with van der Waals surface area (Å²) in [5.41, 5.74) is 0.986. The molecule has 0 spiro atoms. The number of nitrogens with zero attached hydrogens (tertiary/aromatic N) is 1. The van der Waals surface area contributed by atoms with Gasteiger partial charge >= 0.3 is 0 Å². The zero-order valence-electron chi connectivity index (χ0n) is 9.13. The van der Waals surface area contributed by atoms with Gasteiger partial charge in [0.25, 0.3) is 0 Å². The predicted molar refractivity (Wildman–Crippen MR) is 63.1 cm³/mol. The molecule has 0 amide bonds. The third-order valence-corrected chi connectivity index (χ3v) is 3.52. The molecule has 1 N–H and O–H groups in total. The number of ether oxygens (including phenoxy) is 1. The van der Waals surface area contributed by atoms with Crippen molar-refractivity contribution in [3.8, 4) is 0 Å². The van der Waals surface area contributed by atoms with Crippen LogP contribution in [0, 0.1) is 0 Å². The minimum atomic E-state index is -1.91. The van der Waals surface area contributed by atoms with Crippen molar-refractivity contribution in [2.75, 3.05) is 25.1 Å². The summed E-state index contributed by atoms with van der Waals surface area (Å²) in [6, 6.07) is 7.17. The lowest BCUT2D eigenvalue weighted by molar-refractivity contribution is 0.121. The SMILES string of the molecule is COC1CCN(c2cccc(S(=O)O)c2)C1. The average Bonchev–Trinajstić information content (AvgIpc) is 2.77. The molecule has 0 aromatic heterocycles. The molecule has 1 aromatic rings. The molecule has 2 rings (SSSR count). The number of rotatable bonds is 3. The fraction of sp³-hybridized carbons (Fsp3) is 0.455. The average molecular weight is 241 g/mol. The van der Waals surface area contributed by atoms with E-state index < -0.39 is 11.1 Å². The molecule has 5 heteroatoms. The number of benzene rings is 1. The van der Waals surface area contributed by atoms with Gasteiger partial charge in [-0.1, -0.05) is 6.07 Å². The van der Waals surface area contributed by atoms with E-state index in [1.807, 2.05) is 6.07 Å². The summed E-state index contributed by atoms with van der Waals surface area (Å²) in [6.07, 6.45) is 1.27. The van der Waals surface area contributed by atoms with Crippen molar-refractivity contribution in [3.05, 3.63) is 24.3 Å². The molecule has 2 unspecified atom stereocenters. The fourth-order valence-electron chi connectivity index (χ4n) is 1.94. The van der Waals surface area contributed by atoms with Crippen LogP contribution in [0.3, 0.4) is 0 Å². The molecule has 2 atom stereocenters. The first-order valence-corrected chi connectivity index (χ1v) is 6.30. The third-order valence-electron chi connectivity index (χ3n) is 2.86. The van der Waals surface area contributed by atoms with Crippen LogP contribution in [0.2, 0.25) is 0 Å². The van der Waals surface area contributed by atoms with Crippen LogP contribution >= 0.6 is 0 Å². The highest BCUT2D eigenvalue weighted by Gasteiger charge is 2.22. The van der Waals surface area contributed by atoms with Gasteiger partial charge < -0.3 is 14.2 Å². The van der Waals surface area contributed by atoms with Gasteiger partial charge in [0.15, 0.2) is 11.1 Å². The van der Waals surface area contributed by atoms with Crippen molar-refractivity contribution in [1.29, 1.82) is 0 Å². The minimum absolute atomic E-state index is 0.267. The molecule has 16 heavy (non-hydrogen) atoms. The molecule has 0 radical (unpaired) electrons. The number of hydrogen-bond donors (Lipinski definition) is 1. The van der Waals surface area contributed by atoms with E-state index in [2.05, 4.69) is 4.90 Å². The lowest BCUT2D eigenvalue weighted by atomic mass is 10.3. The van der Waals surface area contributed by atoms with Crippen LogP contribution in [0.1, 0.15) is 6.42 Å². The van der Waals surface area contributed by atoms with E-state index >= 15 is 0 Å². The quantitative estimate of drug-likeness (QED) is 0.815. The van der Waals surface area contributed by atoms with Crippen molar-refractivity contribution in [2.24, 2.45) is 0 Å². The van der Waals surface area contributed by atoms with Gasteiger partial charge in [0.2, 0.25) is 0 Å².